The van der Waals surface area contributed by atoms with Gasteiger partial charge in [0.25, 0.3) is 5.91 Å². The van der Waals surface area contributed by atoms with Crippen LogP contribution in [0.4, 0.5) is 17.5 Å². The summed E-state index contributed by atoms with van der Waals surface area (Å²) in [5, 5.41) is 30.1. The molecule has 2 aromatic heterocycles. The van der Waals surface area contributed by atoms with Gasteiger partial charge in [0.2, 0.25) is 11.9 Å². The second kappa shape index (κ2) is 14.7. The van der Waals surface area contributed by atoms with Crippen LogP contribution in [0.15, 0.2) is 90.7 Å². The Labute approximate surface area is 332 Å². The van der Waals surface area contributed by atoms with Crippen molar-refractivity contribution in [2.24, 2.45) is 35.0 Å². The van der Waals surface area contributed by atoms with Crippen molar-refractivity contribution in [3.8, 4) is 0 Å². The number of benzene rings is 2. The maximum absolute atomic E-state index is 13.9. The second-order valence-corrected chi connectivity index (χ2v) is 16.8. The van der Waals surface area contributed by atoms with Crippen molar-refractivity contribution in [1.82, 2.24) is 30.6 Å². The number of nitrogens with two attached hydrogens (primary N) is 2. The zero-order valence-electron chi connectivity index (χ0n) is 32.7. The molecule has 2 aromatic carbocycles. The van der Waals surface area contributed by atoms with Gasteiger partial charge in [0, 0.05) is 49.1 Å². The Kier molecular flexibility index (Phi) is 9.85. The molecule has 13 heteroatoms. The number of aliphatic hydroxyl groups excluding tert-OH is 1. The Balaban J connectivity index is 0.855. The summed E-state index contributed by atoms with van der Waals surface area (Å²) in [5.41, 5.74) is 17.0. The average Bonchev–Trinajstić information content (AvgIpc) is 3.45. The zero-order valence-corrected chi connectivity index (χ0v) is 32.7. The molecule has 0 aliphatic heterocycles. The smallest absolute Gasteiger partial charge is 0.251 e. The Hall–Kier alpha value is -5.66. The van der Waals surface area contributed by atoms with Gasteiger partial charge in [-0.1, -0.05) is 68.5 Å². The number of anilines is 3. The molecule has 0 bridgehead atoms. The first-order valence-electron chi connectivity index (χ1n) is 19.7. The number of rotatable bonds is 9. The quantitative estimate of drug-likeness (QED) is 0.139. The minimum atomic E-state index is -1.27. The molecule has 0 spiro atoms. The number of hydrogen-bond donors (Lipinski definition) is 6. The molecule has 0 saturated heterocycles. The molecule has 0 radical (unpaired) electrons. The summed E-state index contributed by atoms with van der Waals surface area (Å²) >= 11 is 0. The van der Waals surface area contributed by atoms with E-state index in [1.54, 1.807) is 18.3 Å². The number of amides is 2. The number of allylic oxidation sites excluding steroid dienone is 5. The summed E-state index contributed by atoms with van der Waals surface area (Å²) in [5.74, 6) is -0.754. The minimum Gasteiger partial charge on any atom is -0.393 e. The predicted molar refractivity (Wildman–Crippen MR) is 219 cm³/mol. The van der Waals surface area contributed by atoms with Gasteiger partial charge < -0.3 is 37.2 Å². The summed E-state index contributed by atoms with van der Waals surface area (Å²) in [6, 6.07) is 15.0. The highest BCUT2D eigenvalue weighted by atomic mass is 16.3. The fraction of sp³-hybridized carbons (Fsp3) is 0.409. The number of aliphatic hydroxyl groups is 2. The molecular weight excluding hydrogens is 719 g/mol. The standard InChI is InChI=1S/C44H51N9O4/c1-24-14-15-43(3)29(16-24)10-13-32-33-17-25(2)35(44(33,57)19-34(54)36(32)43)41(56)49-21-27-7-5-6-26(18-27)20-48-40(55)28-8-11-31(12-9-28)53(4)23-30-22-47-39-37(50-30)38(45)51-42(46)52-39/h5-9,11-12,14-16,18,22,25,32-36,54,57H,1,10,13,17,19-21,23H2,2-4H3,(H,48,55)(H,49,56)(H4,45,46,47,51,52)/t25-,32?,33?,34?,35?,36?,43?,44?/m1/s1. The summed E-state index contributed by atoms with van der Waals surface area (Å²) in [6.45, 7) is 9.42. The van der Waals surface area contributed by atoms with E-state index in [4.69, 9.17) is 11.5 Å². The van der Waals surface area contributed by atoms with E-state index in [9.17, 15) is 19.8 Å². The molecule has 3 saturated carbocycles. The lowest BCUT2D eigenvalue weighted by molar-refractivity contribution is -0.174. The lowest BCUT2D eigenvalue weighted by atomic mass is 9.49. The van der Waals surface area contributed by atoms with E-state index in [-0.39, 0.29) is 65.6 Å². The lowest BCUT2D eigenvalue weighted by Gasteiger charge is -2.58. The number of aromatic nitrogens is 4. The molecule has 8 N–H and O–H groups in total. The van der Waals surface area contributed by atoms with Gasteiger partial charge in [0.15, 0.2) is 17.0 Å². The number of hydrogen-bond acceptors (Lipinski definition) is 11. The Morgan fingerprint density at radius 3 is 2.54 bits per heavy atom. The highest BCUT2D eigenvalue weighted by molar-refractivity contribution is 5.94. The summed E-state index contributed by atoms with van der Waals surface area (Å²) in [7, 11) is 1.91. The predicted octanol–water partition coefficient (Wildman–Crippen LogP) is 4.62. The number of nitrogens with one attached hydrogen (secondary N) is 2. The molecule has 13 nitrogen and oxygen atoms in total. The molecule has 2 heterocycles. The molecule has 57 heavy (non-hydrogen) atoms. The van der Waals surface area contributed by atoms with Crippen LogP contribution in [0.25, 0.3) is 11.2 Å². The summed E-state index contributed by atoms with van der Waals surface area (Å²) < 4.78 is 0. The molecule has 3 fully saturated rings. The summed E-state index contributed by atoms with van der Waals surface area (Å²) in [4.78, 5) is 45.9. The Morgan fingerprint density at radius 1 is 1.05 bits per heavy atom. The van der Waals surface area contributed by atoms with Gasteiger partial charge in [0.1, 0.15) is 0 Å². The van der Waals surface area contributed by atoms with Crippen LogP contribution in [0.3, 0.4) is 0 Å². The highest BCUT2D eigenvalue weighted by Gasteiger charge is 2.65. The Bertz CT molecular complexity index is 2310. The van der Waals surface area contributed by atoms with Crippen molar-refractivity contribution in [3.05, 3.63) is 113 Å². The number of nitrogen functional groups attached to an aromatic ring is 2. The third-order valence-electron chi connectivity index (χ3n) is 13.1. The maximum Gasteiger partial charge on any atom is 0.251 e. The van der Waals surface area contributed by atoms with E-state index in [1.807, 2.05) is 54.4 Å². The van der Waals surface area contributed by atoms with E-state index < -0.39 is 17.6 Å². The molecular formula is C44H51N9O4. The Morgan fingerprint density at radius 2 is 1.79 bits per heavy atom. The first-order chi connectivity index (χ1) is 27.2. The van der Waals surface area contributed by atoms with Gasteiger partial charge >= 0.3 is 0 Å². The average molecular weight is 770 g/mol. The van der Waals surface area contributed by atoms with Crippen LogP contribution < -0.4 is 27.0 Å². The molecule has 4 aliphatic rings. The van der Waals surface area contributed by atoms with E-state index >= 15 is 0 Å². The van der Waals surface area contributed by atoms with Gasteiger partial charge in [-0.05, 0) is 78.0 Å². The van der Waals surface area contributed by atoms with E-state index in [1.165, 1.54) is 5.57 Å². The molecule has 8 atom stereocenters. The third-order valence-corrected chi connectivity index (χ3v) is 13.1. The maximum atomic E-state index is 13.9. The van der Waals surface area contributed by atoms with Crippen molar-refractivity contribution < 1.29 is 19.8 Å². The van der Waals surface area contributed by atoms with Crippen LogP contribution in [-0.4, -0.2) is 60.7 Å². The van der Waals surface area contributed by atoms with Crippen molar-refractivity contribution >= 4 is 40.4 Å². The normalized spacial score (nSPS) is 28.9. The fourth-order valence-corrected chi connectivity index (χ4v) is 10.5. The van der Waals surface area contributed by atoms with E-state index in [0.29, 0.717) is 35.5 Å². The van der Waals surface area contributed by atoms with Crippen molar-refractivity contribution in [2.45, 2.75) is 70.9 Å². The van der Waals surface area contributed by atoms with Crippen LogP contribution in [0.5, 0.6) is 0 Å². The molecule has 2 amide bonds. The van der Waals surface area contributed by atoms with Crippen LogP contribution in [0.2, 0.25) is 0 Å². The van der Waals surface area contributed by atoms with Gasteiger partial charge in [-0.25, -0.2) is 9.97 Å². The number of fused-ring (bicyclic) bond motifs is 6. The van der Waals surface area contributed by atoms with Crippen molar-refractivity contribution in [3.63, 3.8) is 0 Å². The van der Waals surface area contributed by atoms with Crippen molar-refractivity contribution in [2.75, 3.05) is 23.4 Å². The molecule has 7 unspecified atom stereocenters. The zero-order chi connectivity index (χ0) is 40.2. The van der Waals surface area contributed by atoms with E-state index in [2.05, 4.69) is 63.1 Å². The monoisotopic (exact) mass is 769 g/mol. The highest BCUT2D eigenvalue weighted by Crippen LogP contribution is 2.64. The molecule has 4 aromatic rings. The first-order valence-corrected chi connectivity index (χ1v) is 19.7. The topological polar surface area (TPSA) is 206 Å². The van der Waals surface area contributed by atoms with Gasteiger partial charge in [-0.2, -0.15) is 9.97 Å². The first kappa shape index (κ1) is 38.2. The van der Waals surface area contributed by atoms with Gasteiger partial charge in [-0.3, -0.25) is 9.59 Å². The second-order valence-electron chi connectivity index (χ2n) is 16.8. The van der Waals surface area contributed by atoms with Crippen LogP contribution in [0, 0.1) is 35.0 Å². The SMILES string of the molecule is C=C1C=CC2(C)C(=C1)CCC1C2C(O)CC2(O)C1C[C@@H](C)C2C(=O)NCc1cccc(CNC(=O)c2ccc(N(C)Cc3cnc4nc(N)nc(N)c4n3)cc2)c1. The fourth-order valence-electron chi connectivity index (χ4n) is 10.5. The lowest BCUT2D eigenvalue weighted by Crippen LogP contribution is -2.61. The number of nitrogens with zero attached hydrogens (tertiary/aromatic N) is 5. The third kappa shape index (κ3) is 7.03. The molecule has 296 valence electrons. The summed E-state index contributed by atoms with van der Waals surface area (Å²) in [6.07, 6.45) is 10.1. The van der Waals surface area contributed by atoms with Crippen molar-refractivity contribution in [1.29, 1.82) is 0 Å². The van der Waals surface area contributed by atoms with Crippen LogP contribution >= 0.6 is 0 Å². The van der Waals surface area contributed by atoms with Gasteiger partial charge in [0.05, 0.1) is 36.1 Å². The number of carbonyl (C=O) groups is 2. The van der Waals surface area contributed by atoms with Crippen LogP contribution in [0.1, 0.15) is 66.7 Å². The van der Waals surface area contributed by atoms with E-state index in [0.717, 1.165) is 41.6 Å². The molecule has 4 aliphatic carbocycles. The molecule has 8 rings (SSSR count). The number of carbonyl (C=O) groups excluding carboxylic acids is 2. The van der Waals surface area contributed by atoms with Gasteiger partial charge in [-0.15, -0.1) is 0 Å². The largest absolute Gasteiger partial charge is 0.393 e. The van der Waals surface area contributed by atoms with Crippen LogP contribution in [-0.2, 0) is 24.4 Å². The minimum absolute atomic E-state index is 0.00748.